The van der Waals surface area contributed by atoms with Crippen LogP contribution >= 0.6 is 11.6 Å². The number of anilines is 1. The first-order chi connectivity index (χ1) is 11.5. The number of nitrogens with one attached hydrogen (secondary N) is 1. The molecule has 0 saturated carbocycles. The third kappa shape index (κ3) is 3.76. The number of rotatable bonds is 5. The van der Waals surface area contributed by atoms with E-state index in [1.807, 2.05) is 25.3 Å². The highest BCUT2D eigenvalue weighted by Gasteiger charge is 2.33. The molecular formula is C17H19ClN4O2. The molecule has 0 aliphatic carbocycles. The number of aryl methyl sites for hydroxylation is 2. The highest BCUT2D eigenvalue weighted by molar-refractivity contribution is 6.30. The van der Waals surface area contributed by atoms with Crippen molar-refractivity contribution in [1.82, 2.24) is 15.1 Å². The summed E-state index contributed by atoms with van der Waals surface area (Å²) in [4.78, 5) is 26.2. The Hall–Kier alpha value is -2.34. The van der Waals surface area contributed by atoms with E-state index < -0.39 is 6.04 Å². The second kappa shape index (κ2) is 7.05. The topological polar surface area (TPSA) is 67.2 Å². The van der Waals surface area contributed by atoms with Crippen LogP contribution < -0.4 is 10.2 Å². The van der Waals surface area contributed by atoms with E-state index in [-0.39, 0.29) is 11.8 Å². The number of aromatic nitrogens is 2. The maximum atomic E-state index is 12.5. The zero-order chi connectivity index (χ0) is 17.1. The third-order valence-electron chi connectivity index (χ3n) is 4.01. The fraction of sp³-hybridized carbons (Fsp3) is 0.353. The van der Waals surface area contributed by atoms with E-state index in [0.717, 1.165) is 11.3 Å². The summed E-state index contributed by atoms with van der Waals surface area (Å²) in [5.74, 6) is -0.222. The van der Waals surface area contributed by atoms with Crippen LogP contribution in [0.25, 0.3) is 0 Å². The van der Waals surface area contributed by atoms with Gasteiger partial charge >= 0.3 is 0 Å². The first-order valence-electron chi connectivity index (χ1n) is 7.88. The smallest absolute Gasteiger partial charge is 0.249 e. The number of carbonyl (C=O) groups excluding carboxylic acids is 2. The van der Waals surface area contributed by atoms with Crippen molar-refractivity contribution in [3.8, 4) is 0 Å². The predicted molar refractivity (Wildman–Crippen MR) is 91.9 cm³/mol. The molecule has 1 fully saturated rings. The minimum atomic E-state index is -0.465. The van der Waals surface area contributed by atoms with Crippen LogP contribution in [0.5, 0.6) is 0 Å². The molecule has 1 aromatic heterocycles. The van der Waals surface area contributed by atoms with Crippen molar-refractivity contribution < 1.29 is 9.59 Å². The predicted octanol–water partition coefficient (Wildman–Crippen LogP) is 2.16. The van der Waals surface area contributed by atoms with E-state index in [1.165, 1.54) is 0 Å². The zero-order valence-electron chi connectivity index (χ0n) is 13.4. The highest BCUT2D eigenvalue weighted by Crippen LogP contribution is 2.23. The van der Waals surface area contributed by atoms with E-state index in [9.17, 15) is 9.59 Å². The molecule has 1 N–H and O–H groups in total. The Morgan fingerprint density at radius 3 is 2.79 bits per heavy atom. The fourth-order valence-electron chi connectivity index (χ4n) is 2.76. The molecule has 0 unspecified atom stereocenters. The lowest BCUT2D eigenvalue weighted by Crippen LogP contribution is -2.41. The lowest BCUT2D eigenvalue weighted by atomic mass is 10.2. The Morgan fingerprint density at radius 1 is 1.38 bits per heavy atom. The summed E-state index contributed by atoms with van der Waals surface area (Å²) in [5, 5.41) is 7.59. The molecule has 6 nitrogen and oxygen atoms in total. The molecule has 2 heterocycles. The normalized spacial score (nSPS) is 17.3. The van der Waals surface area contributed by atoms with Gasteiger partial charge in [0.15, 0.2) is 0 Å². The average Bonchev–Trinajstić information content (AvgIpc) is 3.13. The molecule has 1 atom stereocenters. The quantitative estimate of drug-likeness (QED) is 0.902. The molecule has 2 amide bonds. The fourth-order valence-corrected chi connectivity index (χ4v) is 2.89. The largest absolute Gasteiger partial charge is 0.344 e. The molecule has 7 heteroatoms. The lowest BCUT2D eigenvalue weighted by Gasteiger charge is -2.17. The number of hydrogen-bond acceptors (Lipinski definition) is 3. The van der Waals surface area contributed by atoms with Gasteiger partial charge in [0, 0.05) is 36.4 Å². The summed E-state index contributed by atoms with van der Waals surface area (Å²) in [6.45, 7) is 3.04. The van der Waals surface area contributed by atoms with Gasteiger partial charge in [0.2, 0.25) is 11.8 Å². The molecule has 2 aromatic rings. The zero-order valence-corrected chi connectivity index (χ0v) is 14.2. The first-order valence-corrected chi connectivity index (χ1v) is 8.26. The van der Waals surface area contributed by atoms with Gasteiger partial charge in [-0.05, 0) is 43.2 Å². The van der Waals surface area contributed by atoms with Crippen LogP contribution in [0.2, 0.25) is 5.02 Å². The van der Waals surface area contributed by atoms with Gasteiger partial charge in [0.05, 0.1) is 6.20 Å². The monoisotopic (exact) mass is 346 g/mol. The molecule has 1 aliphatic rings. The average molecular weight is 347 g/mol. The van der Waals surface area contributed by atoms with Crippen LogP contribution in [0, 0.1) is 6.92 Å². The molecule has 1 saturated heterocycles. The van der Waals surface area contributed by atoms with E-state index in [0.29, 0.717) is 31.0 Å². The molecule has 24 heavy (non-hydrogen) atoms. The Kier molecular flexibility index (Phi) is 4.85. The van der Waals surface area contributed by atoms with Gasteiger partial charge < -0.3 is 10.2 Å². The van der Waals surface area contributed by atoms with Gasteiger partial charge in [0.1, 0.15) is 6.04 Å². The summed E-state index contributed by atoms with van der Waals surface area (Å²) in [6, 6.07) is 6.66. The van der Waals surface area contributed by atoms with Crippen LogP contribution in [0.3, 0.4) is 0 Å². The standard InChI is InChI=1S/C17H19ClN4O2/c1-12-10-19-21(11-12)8-7-16(23)20-15-6-9-22(17(15)24)14-4-2-13(18)3-5-14/h2-5,10-11,15H,6-9H2,1H3,(H,20,23)/t15-/m1/s1. The molecular weight excluding hydrogens is 328 g/mol. The van der Waals surface area contributed by atoms with Crippen LogP contribution in [0.15, 0.2) is 36.7 Å². The summed E-state index contributed by atoms with van der Waals surface area (Å²) in [7, 11) is 0. The summed E-state index contributed by atoms with van der Waals surface area (Å²) >= 11 is 5.87. The maximum absolute atomic E-state index is 12.5. The molecule has 1 aliphatic heterocycles. The van der Waals surface area contributed by atoms with E-state index in [2.05, 4.69) is 10.4 Å². The summed E-state index contributed by atoms with van der Waals surface area (Å²) in [6.07, 6.45) is 4.54. The van der Waals surface area contributed by atoms with Gasteiger partial charge in [-0.25, -0.2) is 0 Å². The maximum Gasteiger partial charge on any atom is 0.249 e. The third-order valence-corrected chi connectivity index (χ3v) is 4.26. The summed E-state index contributed by atoms with van der Waals surface area (Å²) < 4.78 is 1.73. The second-order valence-electron chi connectivity index (χ2n) is 5.91. The number of halogens is 1. The Bertz CT molecular complexity index is 741. The van der Waals surface area contributed by atoms with Crippen molar-refractivity contribution >= 4 is 29.1 Å². The van der Waals surface area contributed by atoms with Crippen LogP contribution in [0.1, 0.15) is 18.4 Å². The van der Waals surface area contributed by atoms with E-state index in [4.69, 9.17) is 11.6 Å². The Morgan fingerprint density at radius 2 is 2.12 bits per heavy atom. The SMILES string of the molecule is Cc1cnn(CCC(=O)N[C@@H]2CCN(c3ccc(Cl)cc3)C2=O)c1. The molecule has 126 valence electrons. The Balaban J connectivity index is 1.53. The van der Waals surface area contributed by atoms with Gasteiger partial charge in [-0.1, -0.05) is 11.6 Å². The van der Waals surface area contributed by atoms with E-state index in [1.54, 1.807) is 27.9 Å². The van der Waals surface area contributed by atoms with Gasteiger partial charge in [-0.2, -0.15) is 5.10 Å². The van der Waals surface area contributed by atoms with Crippen molar-refractivity contribution in [2.75, 3.05) is 11.4 Å². The molecule has 0 bridgehead atoms. The number of carbonyl (C=O) groups is 2. The van der Waals surface area contributed by atoms with Crippen LogP contribution in [-0.4, -0.2) is 34.2 Å². The minimum Gasteiger partial charge on any atom is -0.344 e. The number of nitrogens with zero attached hydrogens (tertiary/aromatic N) is 3. The van der Waals surface area contributed by atoms with Gasteiger partial charge in [-0.3, -0.25) is 14.3 Å². The summed E-state index contributed by atoms with van der Waals surface area (Å²) in [5.41, 5.74) is 1.85. The number of hydrogen-bond donors (Lipinski definition) is 1. The lowest BCUT2D eigenvalue weighted by molar-refractivity contribution is -0.126. The van der Waals surface area contributed by atoms with Crippen molar-refractivity contribution in [1.29, 1.82) is 0 Å². The van der Waals surface area contributed by atoms with Gasteiger partial charge in [-0.15, -0.1) is 0 Å². The second-order valence-corrected chi connectivity index (χ2v) is 6.34. The van der Waals surface area contributed by atoms with Crippen molar-refractivity contribution in [2.24, 2.45) is 0 Å². The minimum absolute atomic E-state index is 0.0828. The van der Waals surface area contributed by atoms with E-state index >= 15 is 0 Å². The van der Waals surface area contributed by atoms with Crippen molar-refractivity contribution in [3.05, 3.63) is 47.2 Å². The molecule has 0 spiro atoms. The van der Waals surface area contributed by atoms with Crippen LogP contribution in [0.4, 0.5) is 5.69 Å². The number of benzene rings is 1. The van der Waals surface area contributed by atoms with Gasteiger partial charge in [0.25, 0.3) is 0 Å². The highest BCUT2D eigenvalue weighted by atomic mass is 35.5. The Labute approximate surface area is 145 Å². The molecule has 1 aromatic carbocycles. The molecule has 3 rings (SSSR count). The van der Waals surface area contributed by atoms with Crippen molar-refractivity contribution in [2.45, 2.75) is 32.4 Å². The van der Waals surface area contributed by atoms with Crippen molar-refractivity contribution in [3.63, 3.8) is 0 Å². The molecule has 0 radical (unpaired) electrons. The van der Waals surface area contributed by atoms with Crippen LogP contribution in [-0.2, 0) is 16.1 Å². The first kappa shape index (κ1) is 16.5. The number of amides is 2.